The highest BCUT2D eigenvalue weighted by atomic mass is 16.5. The van der Waals surface area contributed by atoms with Crippen LogP contribution in [-0.4, -0.2) is 38.9 Å². The van der Waals surface area contributed by atoms with Gasteiger partial charge in [-0.3, -0.25) is 4.79 Å². The molecule has 25 heavy (non-hydrogen) atoms. The summed E-state index contributed by atoms with van der Waals surface area (Å²) in [6, 6.07) is 19.1. The number of amides is 1. The highest BCUT2D eigenvalue weighted by Gasteiger charge is 2.33. The monoisotopic (exact) mass is 334 g/mol. The Labute approximate surface area is 145 Å². The second-order valence-corrected chi connectivity index (χ2v) is 6.02. The molecule has 1 saturated heterocycles. The Hall–Kier alpha value is -3.15. The Morgan fingerprint density at radius 2 is 1.72 bits per heavy atom. The lowest BCUT2D eigenvalue weighted by atomic mass is 10.1. The molecule has 1 amide bonds. The number of aromatic nitrogens is 3. The van der Waals surface area contributed by atoms with Crippen LogP contribution in [0.15, 0.2) is 66.9 Å². The molecule has 6 nitrogen and oxygen atoms in total. The standard InChI is InChI=1S/C19H18N4O2/c24-19(15-7-3-1-4-8-15)22-12-17(13-22)23-11-16(20-21-23)14-25-18-9-5-2-6-10-18/h1-11,17H,12-14H2. The fraction of sp³-hybridized carbons (Fsp3) is 0.211. The van der Waals surface area contributed by atoms with Gasteiger partial charge < -0.3 is 9.64 Å². The summed E-state index contributed by atoms with van der Waals surface area (Å²) in [6.45, 7) is 1.68. The smallest absolute Gasteiger partial charge is 0.253 e. The molecule has 0 radical (unpaired) electrons. The minimum absolute atomic E-state index is 0.0598. The Balaban J connectivity index is 1.31. The van der Waals surface area contributed by atoms with Gasteiger partial charge in [-0.1, -0.05) is 41.6 Å². The Kier molecular flexibility index (Phi) is 4.16. The molecular weight excluding hydrogens is 316 g/mol. The summed E-state index contributed by atoms with van der Waals surface area (Å²) in [6.07, 6.45) is 1.89. The van der Waals surface area contributed by atoms with Gasteiger partial charge in [0.15, 0.2) is 0 Å². The molecule has 3 aromatic rings. The number of benzene rings is 2. The Morgan fingerprint density at radius 3 is 2.44 bits per heavy atom. The SMILES string of the molecule is O=C(c1ccccc1)N1CC(n2cc(COc3ccccc3)nn2)C1. The quantitative estimate of drug-likeness (QED) is 0.719. The Morgan fingerprint density at radius 1 is 1.04 bits per heavy atom. The van der Waals surface area contributed by atoms with E-state index in [0.717, 1.165) is 17.0 Å². The van der Waals surface area contributed by atoms with Gasteiger partial charge in [0.1, 0.15) is 18.1 Å². The van der Waals surface area contributed by atoms with Gasteiger partial charge in [-0.05, 0) is 24.3 Å². The van der Waals surface area contributed by atoms with Crippen molar-refractivity contribution >= 4 is 5.91 Å². The number of para-hydroxylation sites is 1. The Bertz CT molecular complexity index is 842. The first-order valence-corrected chi connectivity index (χ1v) is 8.22. The fourth-order valence-corrected chi connectivity index (χ4v) is 2.78. The van der Waals surface area contributed by atoms with E-state index in [4.69, 9.17) is 4.74 Å². The summed E-state index contributed by atoms with van der Waals surface area (Å²) < 4.78 is 7.49. The van der Waals surface area contributed by atoms with E-state index < -0.39 is 0 Å². The van der Waals surface area contributed by atoms with Crippen LogP contribution in [0.5, 0.6) is 5.75 Å². The van der Waals surface area contributed by atoms with E-state index in [0.29, 0.717) is 19.7 Å². The summed E-state index contributed by atoms with van der Waals surface area (Å²) in [4.78, 5) is 14.2. The van der Waals surface area contributed by atoms with Gasteiger partial charge in [0.25, 0.3) is 5.91 Å². The number of ether oxygens (including phenoxy) is 1. The van der Waals surface area contributed by atoms with Gasteiger partial charge in [0.05, 0.1) is 12.2 Å². The molecule has 1 aliphatic rings. The molecule has 0 atom stereocenters. The second kappa shape index (κ2) is 6.76. The van der Waals surface area contributed by atoms with E-state index in [2.05, 4.69) is 10.3 Å². The maximum absolute atomic E-state index is 12.3. The molecule has 0 N–H and O–H groups in total. The van der Waals surface area contributed by atoms with Crippen molar-refractivity contribution in [1.29, 1.82) is 0 Å². The lowest BCUT2D eigenvalue weighted by molar-refractivity contribution is 0.0498. The summed E-state index contributed by atoms with van der Waals surface area (Å²) in [5, 5.41) is 8.31. The molecular formula is C19H18N4O2. The van der Waals surface area contributed by atoms with Crippen LogP contribution in [0.25, 0.3) is 0 Å². The number of hydrogen-bond donors (Lipinski definition) is 0. The predicted octanol–water partition coefficient (Wildman–Crippen LogP) is 2.55. The number of carbonyl (C=O) groups is 1. The molecule has 2 heterocycles. The van der Waals surface area contributed by atoms with Crippen molar-refractivity contribution in [3.05, 3.63) is 78.1 Å². The third-order valence-corrected chi connectivity index (χ3v) is 4.23. The van der Waals surface area contributed by atoms with Crippen LogP contribution in [0.1, 0.15) is 22.1 Å². The van der Waals surface area contributed by atoms with Crippen molar-refractivity contribution in [3.8, 4) is 5.75 Å². The van der Waals surface area contributed by atoms with Crippen LogP contribution in [0.2, 0.25) is 0 Å². The van der Waals surface area contributed by atoms with Crippen molar-refractivity contribution in [2.24, 2.45) is 0 Å². The number of hydrogen-bond acceptors (Lipinski definition) is 4. The van der Waals surface area contributed by atoms with Crippen LogP contribution < -0.4 is 4.74 Å². The first-order valence-electron chi connectivity index (χ1n) is 8.22. The van der Waals surface area contributed by atoms with Crippen molar-refractivity contribution in [1.82, 2.24) is 19.9 Å². The van der Waals surface area contributed by atoms with Crippen molar-refractivity contribution < 1.29 is 9.53 Å². The minimum Gasteiger partial charge on any atom is -0.487 e. The summed E-state index contributed by atoms with van der Waals surface area (Å²) >= 11 is 0. The van der Waals surface area contributed by atoms with Crippen molar-refractivity contribution in [3.63, 3.8) is 0 Å². The molecule has 0 bridgehead atoms. The topological polar surface area (TPSA) is 60.2 Å². The molecule has 4 rings (SSSR count). The largest absolute Gasteiger partial charge is 0.487 e. The fourth-order valence-electron chi connectivity index (χ4n) is 2.78. The average molecular weight is 334 g/mol. The first-order chi connectivity index (χ1) is 12.3. The summed E-state index contributed by atoms with van der Waals surface area (Å²) in [5.74, 6) is 0.866. The van der Waals surface area contributed by atoms with Gasteiger partial charge in [0.2, 0.25) is 0 Å². The van der Waals surface area contributed by atoms with Crippen molar-refractivity contribution in [2.45, 2.75) is 12.6 Å². The van der Waals surface area contributed by atoms with Crippen LogP contribution in [-0.2, 0) is 6.61 Å². The number of likely N-dealkylation sites (tertiary alicyclic amines) is 1. The molecule has 126 valence electrons. The summed E-state index contributed by atoms with van der Waals surface area (Å²) in [7, 11) is 0. The molecule has 6 heteroatoms. The predicted molar refractivity (Wildman–Crippen MR) is 92.2 cm³/mol. The lowest BCUT2D eigenvalue weighted by Crippen LogP contribution is -2.50. The normalized spacial score (nSPS) is 14.2. The molecule has 0 aliphatic carbocycles. The first kappa shape index (κ1) is 15.4. The third-order valence-electron chi connectivity index (χ3n) is 4.23. The van der Waals surface area contributed by atoms with E-state index in [1.807, 2.05) is 76.4 Å². The molecule has 0 spiro atoms. The third kappa shape index (κ3) is 3.38. The average Bonchev–Trinajstić information content (AvgIpc) is 3.09. The number of carbonyl (C=O) groups excluding carboxylic acids is 1. The van der Waals surface area contributed by atoms with Gasteiger partial charge in [-0.2, -0.15) is 0 Å². The minimum atomic E-state index is 0.0598. The zero-order valence-corrected chi connectivity index (χ0v) is 13.7. The van der Waals surface area contributed by atoms with Gasteiger partial charge in [-0.15, -0.1) is 5.10 Å². The van der Waals surface area contributed by atoms with E-state index in [-0.39, 0.29) is 11.9 Å². The van der Waals surface area contributed by atoms with Crippen LogP contribution in [0.4, 0.5) is 0 Å². The van der Waals surface area contributed by atoms with Crippen LogP contribution in [0, 0.1) is 0 Å². The van der Waals surface area contributed by atoms with Crippen LogP contribution in [0.3, 0.4) is 0 Å². The number of nitrogens with zero attached hydrogens (tertiary/aromatic N) is 4. The molecule has 1 aromatic heterocycles. The van der Waals surface area contributed by atoms with E-state index in [1.165, 1.54) is 0 Å². The molecule has 1 aliphatic heterocycles. The molecule has 1 fully saturated rings. The van der Waals surface area contributed by atoms with Gasteiger partial charge >= 0.3 is 0 Å². The van der Waals surface area contributed by atoms with Crippen LogP contribution >= 0.6 is 0 Å². The van der Waals surface area contributed by atoms with Gasteiger partial charge in [-0.25, -0.2) is 4.68 Å². The van der Waals surface area contributed by atoms with E-state index in [1.54, 1.807) is 0 Å². The number of rotatable bonds is 5. The maximum Gasteiger partial charge on any atom is 0.253 e. The summed E-state index contributed by atoms with van der Waals surface area (Å²) in [5.41, 5.74) is 1.49. The zero-order chi connectivity index (χ0) is 17.1. The molecule has 2 aromatic carbocycles. The van der Waals surface area contributed by atoms with E-state index >= 15 is 0 Å². The second-order valence-electron chi connectivity index (χ2n) is 6.02. The van der Waals surface area contributed by atoms with Gasteiger partial charge in [0, 0.05) is 18.7 Å². The molecule has 0 saturated carbocycles. The molecule has 0 unspecified atom stereocenters. The highest BCUT2D eigenvalue weighted by molar-refractivity contribution is 5.94. The van der Waals surface area contributed by atoms with Crippen molar-refractivity contribution in [2.75, 3.05) is 13.1 Å². The zero-order valence-electron chi connectivity index (χ0n) is 13.7. The maximum atomic E-state index is 12.3. The highest BCUT2D eigenvalue weighted by Crippen LogP contribution is 2.22. The lowest BCUT2D eigenvalue weighted by Gasteiger charge is -2.38. The van der Waals surface area contributed by atoms with E-state index in [9.17, 15) is 4.79 Å².